The van der Waals surface area contributed by atoms with E-state index in [-0.39, 0.29) is 11.7 Å². The van der Waals surface area contributed by atoms with E-state index in [2.05, 4.69) is 0 Å². The van der Waals surface area contributed by atoms with E-state index in [1.807, 2.05) is 0 Å². The molecule has 0 atom stereocenters. The summed E-state index contributed by atoms with van der Waals surface area (Å²) in [7, 11) is 0. The summed E-state index contributed by atoms with van der Waals surface area (Å²) in [4.78, 5) is 16.8. The molecule has 74 valence electrons. The van der Waals surface area contributed by atoms with E-state index in [0.717, 1.165) is 6.42 Å². The number of carbonyl (C=O) groups excluding carboxylic acids is 1. The van der Waals surface area contributed by atoms with Gasteiger partial charge in [-0.25, -0.2) is 5.06 Å². The first-order chi connectivity index (χ1) is 6.77. The molecule has 0 bridgehead atoms. The van der Waals surface area contributed by atoms with Crippen LogP contribution in [0.3, 0.4) is 0 Å². The molecule has 1 heterocycles. The molecule has 0 saturated carbocycles. The summed E-state index contributed by atoms with van der Waals surface area (Å²) < 4.78 is 0. The van der Waals surface area contributed by atoms with E-state index in [0.29, 0.717) is 18.7 Å². The van der Waals surface area contributed by atoms with Crippen LogP contribution in [0, 0.1) is 0 Å². The second kappa shape index (κ2) is 3.67. The second-order valence-electron chi connectivity index (χ2n) is 3.14. The van der Waals surface area contributed by atoms with Crippen LogP contribution in [0.1, 0.15) is 16.8 Å². The Morgan fingerprint density at radius 1 is 1.36 bits per heavy atom. The zero-order chi connectivity index (χ0) is 9.97. The number of amides is 1. The van der Waals surface area contributed by atoms with E-state index < -0.39 is 0 Å². The van der Waals surface area contributed by atoms with E-state index in [1.165, 1.54) is 17.2 Å². The molecule has 1 amide bonds. The van der Waals surface area contributed by atoms with Gasteiger partial charge in [-0.1, -0.05) is 0 Å². The van der Waals surface area contributed by atoms with Crippen molar-refractivity contribution in [2.24, 2.45) is 0 Å². The summed E-state index contributed by atoms with van der Waals surface area (Å²) in [6, 6.07) is 6.14. The Kier molecular flexibility index (Phi) is 2.37. The summed E-state index contributed by atoms with van der Waals surface area (Å²) in [5, 5.41) is 10.4. The number of rotatable bonds is 1. The molecule has 4 heteroatoms. The minimum absolute atomic E-state index is 0.150. The zero-order valence-electron chi connectivity index (χ0n) is 7.64. The van der Waals surface area contributed by atoms with Crippen LogP contribution in [0.2, 0.25) is 0 Å². The maximum atomic E-state index is 11.7. The molecule has 0 radical (unpaired) electrons. The van der Waals surface area contributed by atoms with Crippen molar-refractivity contribution < 1.29 is 14.7 Å². The molecule has 1 aliphatic rings. The van der Waals surface area contributed by atoms with Crippen molar-refractivity contribution in [3.63, 3.8) is 0 Å². The van der Waals surface area contributed by atoms with Gasteiger partial charge in [-0.15, -0.1) is 0 Å². The Bertz CT molecular complexity index is 328. The number of aromatic hydroxyl groups is 1. The topological polar surface area (TPSA) is 49.8 Å². The Balaban J connectivity index is 2.14. The molecule has 0 spiro atoms. The predicted octanol–water partition coefficient (Wildman–Crippen LogP) is 1.17. The Labute approximate surface area is 81.7 Å². The Morgan fingerprint density at radius 2 is 2.07 bits per heavy atom. The largest absolute Gasteiger partial charge is 0.508 e. The summed E-state index contributed by atoms with van der Waals surface area (Å²) >= 11 is 0. The molecule has 1 aliphatic heterocycles. The molecule has 1 aromatic rings. The standard InChI is InChI=1S/C10H11NO3/c12-9-4-2-8(3-5-9)10(13)11-6-1-7-14-11/h2-5,12H,1,6-7H2. The van der Waals surface area contributed by atoms with Crippen LogP contribution in [0.15, 0.2) is 24.3 Å². The SMILES string of the molecule is O=C(c1ccc(O)cc1)N1CCCO1. The monoisotopic (exact) mass is 193 g/mol. The molecule has 4 nitrogen and oxygen atoms in total. The molecule has 0 aromatic heterocycles. The number of hydroxylamine groups is 2. The Morgan fingerprint density at radius 3 is 2.64 bits per heavy atom. The lowest BCUT2D eigenvalue weighted by Crippen LogP contribution is -2.26. The quantitative estimate of drug-likeness (QED) is 0.728. The summed E-state index contributed by atoms with van der Waals surface area (Å²) in [6.45, 7) is 1.24. The maximum Gasteiger partial charge on any atom is 0.277 e. The zero-order valence-corrected chi connectivity index (χ0v) is 7.64. The van der Waals surface area contributed by atoms with Crippen molar-refractivity contribution >= 4 is 5.91 Å². The van der Waals surface area contributed by atoms with Gasteiger partial charge in [0.1, 0.15) is 5.75 Å². The first kappa shape index (κ1) is 9.02. The summed E-state index contributed by atoms with van der Waals surface area (Å²) in [6.07, 6.45) is 0.879. The fraction of sp³-hybridized carbons (Fsp3) is 0.300. The van der Waals surface area contributed by atoms with Crippen molar-refractivity contribution in [3.8, 4) is 5.75 Å². The van der Waals surface area contributed by atoms with Crippen LogP contribution in [0.4, 0.5) is 0 Å². The first-order valence-electron chi connectivity index (χ1n) is 4.51. The fourth-order valence-corrected chi connectivity index (χ4v) is 1.36. The number of benzene rings is 1. The highest BCUT2D eigenvalue weighted by molar-refractivity contribution is 5.93. The van der Waals surface area contributed by atoms with Gasteiger partial charge in [0, 0.05) is 5.56 Å². The molecule has 2 rings (SSSR count). The highest BCUT2D eigenvalue weighted by atomic mass is 16.7. The van der Waals surface area contributed by atoms with Crippen LogP contribution in [0.5, 0.6) is 5.75 Å². The van der Waals surface area contributed by atoms with Gasteiger partial charge in [0.25, 0.3) is 5.91 Å². The van der Waals surface area contributed by atoms with Gasteiger partial charge in [0.05, 0.1) is 13.2 Å². The van der Waals surface area contributed by atoms with Gasteiger partial charge in [-0.3, -0.25) is 9.63 Å². The van der Waals surface area contributed by atoms with E-state index in [4.69, 9.17) is 9.94 Å². The van der Waals surface area contributed by atoms with E-state index in [1.54, 1.807) is 12.1 Å². The molecule has 1 aromatic carbocycles. The molecular formula is C10H11NO3. The maximum absolute atomic E-state index is 11.7. The van der Waals surface area contributed by atoms with Crippen LogP contribution < -0.4 is 0 Å². The lowest BCUT2D eigenvalue weighted by Gasteiger charge is -2.13. The third kappa shape index (κ3) is 1.70. The molecule has 0 unspecified atom stereocenters. The molecule has 0 aliphatic carbocycles. The third-order valence-electron chi connectivity index (χ3n) is 2.09. The second-order valence-corrected chi connectivity index (χ2v) is 3.14. The van der Waals surface area contributed by atoms with Gasteiger partial charge in [0.15, 0.2) is 0 Å². The van der Waals surface area contributed by atoms with Gasteiger partial charge in [-0.2, -0.15) is 0 Å². The van der Waals surface area contributed by atoms with Crippen LogP contribution in [-0.4, -0.2) is 29.2 Å². The minimum Gasteiger partial charge on any atom is -0.508 e. The number of hydrogen-bond acceptors (Lipinski definition) is 3. The van der Waals surface area contributed by atoms with Crippen LogP contribution >= 0.6 is 0 Å². The molecular weight excluding hydrogens is 182 g/mol. The lowest BCUT2D eigenvalue weighted by atomic mass is 10.2. The molecule has 14 heavy (non-hydrogen) atoms. The van der Waals surface area contributed by atoms with Crippen LogP contribution in [-0.2, 0) is 4.84 Å². The minimum atomic E-state index is -0.150. The smallest absolute Gasteiger partial charge is 0.277 e. The third-order valence-corrected chi connectivity index (χ3v) is 2.09. The van der Waals surface area contributed by atoms with Crippen molar-refractivity contribution in [1.82, 2.24) is 5.06 Å². The Hall–Kier alpha value is -1.55. The van der Waals surface area contributed by atoms with Crippen molar-refractivity contribution in [3.05, 3.63) is 29.8 Å². The number of hydrogen-bond donors (Lipinski definition) is 1. The van der Waals surface area contributed by atoms with Gasteiger partial charge in [-0.05, 0) is 30.7 Å². The average Bonchev–Trinajstić information content (AvgIpc) is 2.71. The van der Waals surface area contributed by atoms with Gasteiger partial charge >= 0.3 is 0 Å². The normalized spacial score (nSPS) is 15.9. The number of nitrogens with zero attached hydrogens (tertiary/aromatic N) is 1. The van der Waals surface area contributed by atoms with Crippen molar-refractivity contribution in [2.45, 2.75) is 6.42 Å². The molecule has 1 fully saturated rings. The van der Waals surface area contributed by atoms with E-state index in [9.17, 15) is 4.79 Å². The highest BCUT2D eigenvalue weighted by Gasteiger charge is 2.20. The van der Waals surface area contributed by atoms with Gasteiger partial charge in [0.2, 0.25) is 0 Å². The van der Waals surface area contributed by atoms with Gasteiger partial charge < -0.3 is 5.11 Å². The molecule has 1 N–H and O–H groups in total. The number of carbonyl (C=O) groups is 1. The number of phenols is 1. The van der Waals surface area contributed by atoms with E-state index >= 15 is 0 Å². The molecule has 1 saturated heterocycles. The van der Waals surface area contributed by atoms with Crippen molar-refractivity contribution in [1.29, 1.82) is 0 Å². The highest BCUT2D eigenvalue weighted by Crippen LogP contribution is 2.14. The van der Waals surface area contributed by atoms with Crippen LogP contribution in [0.25, 0.3) is 0 Å². The van der Waals surface area contributed by atoms with Crippen molar-refractivity contribution in [2.75, 3.05) is 13.2 Å². The summed E-state index contributed by atoms with van der Waals surface area (Å²) in [5.41, 5.74) is 0.532. The predicted molar refractivity (Wildman–Crippen MR) is 49.7 cm³/mol. The first-order valence-corrected chi connectivity index (χ1v) is 4.51. The summed E-state index contributed by atoms with van der Waals surface area (Å²) in [5.74, 6) is 0.00592. The fourth-order valence-electron chi connectivity index (χ4n) is 1.36. The number of phenolic OH excluding ortho intramolecular Hbond substituents is 1. The lowest BCUT2D eigenvalue weighted by molar-refractivity contribution is -0.0768. The average molecular weight is 193 g/mol.